The standard InChI is InChI=1S/C14H22N2O5/c1-21-13(19)10-6-7-15(8-10)14(20)16(9-12(17)18)11-4-2-3-5-11/h10-11H,2-9H2,1H3,(H,17,18). The Bertz CT molecular complexity index is 420. The number of ether oxygens (including phenoxy) is 1. The van der Waals surface area contributed by atoms with Gasteiger partial charge in [0.2, 0.25) is 0 Å². The third-order valence-corrected chi connectivity index (χ3v) is 4.31. The van der Waals surface area contributed by atoms with Crippen LogP contribution in [0.1, 0.15) is 32.1 Å². The number of carbonyl (C=O) groups is 3. The van der Waals surface area contributed by atoms with Crippen LogP contribution in [0.5, 0.6) is 0 Å². The molecule has 0 aromatic carbocycles. The van der Waals surface area contributed by atoms with E-state index in [0.29, 0.717) is 19.5 Å². The van der Waals surface area contributed by atoms with E-state index in [2.05, 4.69) is 0 Å². The average Bonchev–Trinajstić information content (AvgIpc) is 3.13. The van der Waals surface area contributed by atoms with Gasteiger partial charge in [0.1, 0.15) is 6.54 Å². The van der Waals surface area contributed by atoms with Crippen molar-refractivity contribution in [3.8, 4) is 0 Å². The highest BCUT2D eigenvalue weighted by atomic mass is 16.5. The summed E-state index contributed by atoms with van der Waals surface area (Å²) in [4.78, 5) is 38.1. The van der Waals surface area contributed by atoms with Crippen LogP contribution in [0.2, 0.25) is 0 Å². The van der Waals surface area contributed by atoms with Crippen molar-refractivity contribution in [3.05, 3.63) is 0 Å². The third-order valence-electron chi connectivity index (χ3n) is 4.31. The number of rotatable bonds is 4. The van der Waals surface area contributed by atoms with E-state index in [1.165, 1.54) is 12.0 Å². The van der Waals surface area contributed by atoms with E-state index in [4.69, 9.17) is 9.84 Å². The summed E-state index contributed by atoms with van der Waals surface area (Å²) >= 11 is 0. The van der Waals surface area contributed by atoms with E-state index in [9.17, 15) is 14.4 Å². The first-order valence-corrected chi connectivity index (χ1v) is 7.38. The fourth-order valence-electron chi connectivity index (χ4n) is 3.19. The van der Waals surface area contributed by atoms with Gasteiger partial charge in [-0.25, -0.2) is 4.79 Å². The molecule has 2 amide bonds. The summed E-state index contributed by atoms with van der Waals surface area (Å²) in [6, 6.07) is -0.263. The Morgan fingerprint density at radius 2 is 1.90 bits per heavy atom. The van der Waals surface area contributed by atoms with Gasteiger partial charge in [-0.2, -0.15) is 0 Å². The molecule has 0 spiro atoms. The summed E-state index contributed by atoms with van der Waals surface area (Å²) in [5.74, 6) is -1.61. The van der Waals surface area contributed by atoms with Crippen molar-refractivity contribution < 1.29 is 24.2 Å². The number of methoxy groups -OCH3 is 1. The maximum Gasteiger partial charge on any atom is 0.323 e. The first-order valence-electron chi connectivity index (χ1n) is 7.38. The van der Waals surface area contributed by atoms with Gasteiger partial charge in [-0.05, 0) is 19.3 Å². The maximum atomic E-state index is 12.6. The van der Waals surface area contributed by atoms with Crippen molar-refractivity contribution in [2.75, 3.05) is 26.7 Å². The van der Waals surface area contributed by atoms with Crippen molar-refractivity contribution in [1.82, 2.24) is 9.80 Å². The minimum Gasteiger partial charge on any atom is -0.480 e. The molecule has 1 atom stereocenters. The Morgan fingerprint density at radius 3 is 2.48 bits per heavy atom. The number of nitrogens with zero attached hydrogens (tertiary/aromatic N) is 2. The van der Waals surface area contributed by atoms with E-state index in [1.807, 2.05) is 0 Å². The second-order valence-corrected chi connectivity index (χ2v) is 5.70. The number of esters is 1. The molecule has 0 radical (unpaired) electrons. The number of amides is 2. The first kappa shape index (κ1) is 15.6. The van der Waals surface area contributed by atoms with Crippen molar-refractivity contribution in [2.24, 2.45) is 5.92 Å². The predicted octanol–water partition coefficient (Wildman–Crippen LogP) is 0.930. The molecule has 0 bridgehead atoms. The van der Waals surface area contributed by atoms with Crippen LogP contribution in [-0.4, -0.2) is 65.7 Å². The number of aliphatic carboxylic acids is 1. The minimum atomic E-state index is -1.00. The molecule has 2 fully saturated rings. The van der Waals surface area contributed by atoms with Gasteiger partial charge in [0.05, 0.1) is 13.0 Å². The molecular weight excluding hydrogens is 276 g/mol. The molecule has 2 aliphatic rings. The van der Waals surface area contributed by atoms with Crippen LogP contribution in [-0.2, 0) is 14.3 Å². The van der Waals surface area contributed by atoms with Crippen molar-refractivity contribution in [1.29, 1.82) is 0 Å². The van der Waals surface area contributed by atoms with Crippen LogP contribution in [0.25, 0.3) is 0 Å². The topological polar surface area (TPSA) is 87.2 Å². The fourth-order valence-corrected chi connectivity index (χ4v) is 3.19. The highest BCUT2D eigenvalue weighted by Crippen LogP contribution is 2.26. The van der Waals surface area contributed by atoms with E-state index in [0.717, 1.165) is 25.7 Å². The SMILES string of the molecule is COC(=O)C1CCN(C(=O)N(CC(=O)O)C2CCCC2)C1. The highest BCUT2D eigenvalue weighted by molar-refractivity contribution is 5.82. The summed E-state index contributed by atoms with van der Waals surface area (Å²) in [7, 11) is 1.34. The van der Waals surface area contributed by atoms with Crippen LogP contribution in [0.15, 0.2) is 0 Å². The molecule has 7 heteroatoms. The first-order chi connectivity index (χ1) is 10.0. The molecule has 1 N–H and O–H groups in total. The molecule has 118 valence electrons. The second kappa shape index (κ2) is 6.78. The molecule has 1 aliphatic carbocycles. The monoisotopic (exact) mass is 298 g/mol. The number of hydrogen-bond acceptors (Lipinski definition) is 4. The molecule has 0 aromatic rings. The third kappa shape index (κ3) is 3.65. The molecular formula is C14H22N2O5. The van der Waals surface area contributed by atoms with Crippen LogP contribution >= 0.6 is 0 Å². The van der Waals surface area contributed by atoms with Crippen LogP contribution in [0.3, 0.4) is 0 Å². The predicted molar refractivity (Wildman–Crippen MR) is 73.7 cm³/mol. The number of urea groups is 1. The lowest BCUT2D eigenvalue weighted by Crippen LogP contribution is -2.49. The lowest BCUT2D eigenvalue weighted by Gasteiger charge is -2.31. The fraction of sp³-hybridized carbons (Fsp3) is 0.786. The Kier molecular flexibility index (Phi) is 5.03. The van der Waals surface area contributed by atoms with Gasteiger partial charge in [0, 0.05) is 19.1 Å². The number of carboxylic acids is 1. The largest absolute Gasteiger partial charge is 0.480 e. The van der Waals surface area contributed by atoms with Crippen LogP contribution in [0.4, 0.5) is 4.79 Å². The van der Waals surface area contributed by atoms with Gasteiger partial charge in [0.15, 0.2) is 0 Å². The quantitative estimate of drug-likeness (QED) is 0.780. The highest BCUT2D eigenvalue weighted by Gasteiger charge is 2.37. The molecule has 2 rings (SSSR count). The van der Waals surface area contributed by atoms with Crippen molar-refractivity contribution in [3.63, 3.8) is 0 Å². The molecule has 0 aromatic heterocycles. The Balaban J connectivity index is 2.01. The number of hydrogen-bond donors (Lipinski definition) is 1. The zero-order valence-corrected chi connectivity index (χ0v) is 12.3. The van der Waals surface area contributed by atoms with Gasteiger partial charge in [-0.3, -0.25) is 9.59 Å². The lowest BCUT2D eigenvalue weighted by atomic mass is 10.1. The number of carboxylic acid groups (broad SMARTS) is 1. The summed E-state index contributed by atoms with van der Waals surface area (Å²) in [5.41, 5.74) is 0. The molecule has 21 heavy (non-hydrogen) atoms. The zero-order chi connectivity index (χ0) is 15.4. The Hall–Kier alpha value is -1.79. The van der Waals surface area contributed by atoms with Crippen molar-refractivity contribution >= 4 is 18.0 Å². The lowest BCUT2D eigenvalue weighted by molar-refractivity contribution is -0.145. The van der Waals surface area contributed by atoms with Crippen LogP contribution in [0, 0.1) is 5.92 Å². The van der Waals surface area contributed by atoms with Crippen molar-refractivity contribution in [2.45, 2.75) is 38.1 Å². The molecule has 1 saturated heterocycles. The van der Waals surface area contributed by atoms with Gasteiger partial charge in [-0.1, -0.05) is 12.8 Å². The summed E-state index contributed by atoms with van der Waals surface area (Å²) < 4.78 is 4.70. The van der Waals surface area contributed by atoms with E-state index >= 15 is 0 Å². The maximum absolute atomic E-state index is 12.6. The summed E-state index contributed by atoms with van der Waals surface area (Å²) in [6.45, 7) is 0.513. The summed E-state index contributed by atoms with van der Waals surface area (Å²) in [5, 5.41) is 9.03. The number of likely N-dealkylation sites (tertiary alicyclic amines) is 1. The minimum absolute atomic E-state index is 0.00535. The Morgan fingerprint density at radius 1 is 1.24 bits per heavy atom. The van der Waals surface area contributed by atoms with Gasteiger partial charge in [-0.15, -0.1) is 0 Å². The van der Waals surface area contributed by atoms with Crippen LogP contribution < -0.4 is 0 Å². The molecule has 1 aliphatic heterocycles. The molecule has 7 nitrogen and oxygen atoms in total. The van der Waals surface area contributed by atoms with E-state index < -0.39 is 5.97 Å². The zero-order valence-electron chi connectivity index (χ0n) is 12.3. The van der Waals surface area contributed by atoms with Gasteiger partial charge >= 0.3 is 18.0 Å². The smallest absolute Gasteiger partial charge is 0.323 e. The van der Waals surface area contributed by atoms with E-state index in [-0.39, 0.29) is 30.5 Å². The number of carbonyl (C=O) groups excluding carboxylic acids is 2. The van der Waals surface area contributed by atoms with E-state index in [1.54, 1.807) is 4.90 Å². The van der Waals surface area contributed by atoms with Gasteiger partial charge in [0.25, 0.3) is 0 Å². The second-order valence-electron chi connectivity index (χ2n) is 5.70. The molecule has 1 unspecified atom stereocenters. The Labute approximate surface area is 123 Å². The molecule has 1 saturated carbocycles. The van der Waals surface area contributed by atoms with Gasteiger partial charge < -0.3 is 19.6 Å². The normalized spacial score (nSPS) is 22.3. The summed E-state index contributed by atoms with van der Waals surface area (Å²) in [6.07, 6.45) is 4.34. The average molecular weight is 298 g/mol. The molecule has 1 heterocycles.